The highest BCUT2D eigenvalue weighted by Gasteiger charge is 2.10. The Morgan fingerprint density at radius 2 is 1.95 bits per heavy atom. The molecule has 2 aromatic heterocycles. The van der Waals surface area contributed by atoms with Gasteiger partial charge in [-0.05, 0) is 30.7 Å². The first-order valence-electron chi connectivity index (χ1n) is 6.77. The van der Waals surface area contributed by atoms with Crippen molar-refractivity contribution in [2.24, 2.45) is 7.05 Å². The normalized spacial score (nSPS) is 11.1. The molecule has 102 valence electrons. The topological polar surface area (TPSA) is 42.7 Å². The number of nitrogens with one attached hydrogen (secondary N) is 1. The average Bonchev–Trinajstić information content (AvgIpc) is 2.74. The largest absolute Gasteiger partial charge is 0.346 e. The van der Waals surface area contributed by atoms with Crippen molar-refractivity contribution < 1.29 is 0 Å². The lowest BCUT2D eigenvalue weighted by Gasteiger charge is -2.07. The molecule has 0 amide bonds. The van der Waals surface area contributed by atoms with Crippen LogP contribution in [0.4, 0.5) is 0 Å². The van der Waals surface area contributed by atoms with E-state index in [9.17, 15) is 0 Å². The number of nitrogens with zero attached hydrogens (tertiary/aromatic N) is 3. The zero-order valence-corrected chi connectivity index (χ0v) is 11.8. The summed E-state index contributed by atoms with van der Waals surface area (Å²) in [4.78, 5) is 0. The van der Waals surface area contributed by atoms with Gasteiger partial charge in [-0.1, -0.05) is 18.2 Å². The Kier molecular flexibility index (Phi) is 3.48. The highest BCUT2D eigenvalue weighted by atomic mass is 15.1. The molecule has 0 aliphatic rings. The minimum Gasteiger partial charge on any atom is -0.346 e. The van der Waals surface area contributed by atoms with E-state index in [2.05, 4.69) is 58.3 Å². The van der Waals surface area contributed by atoms with E-state index < -0.39 is 0 Å². The molecule has 4 heteroatoms. The van der Waals surface area contributed by atoms with Crippen LogP contribution in [0.2, 0.25) is 0 Å². The third kappa shape index (κ3) is 2.30. The van der Waals surface area contributed by atoms with Crippen molar-refractivity contribution in [2.45, 2.75) is 20.0 Å². The first-order valence-corrected chi connectivity index (χ1v) is 6.77. The van der Waals surface area contributed by atoms with Gasteiger partial charge in [-0.2, -0.15) is 10.2 Å². The molecule has 4 nitrogen and oxygen atoms in total. The van der Waals surface area contributed by atoms with E-state index in [0.29, 0.717) is 0 Å². The van der Waals surface area contributed by atoms with Crippen LogP contribution in [0.25, 0.3) is 10.9 Å². The van der Waals surface area contributed by atoms with Crippen molar-refractivity contribution in [1.82, 2.24) is 20.1 Å². The van der Waals surface area contributed by atoms with E-state index in [1.807, 2.05) is 12.1 Å². The molecule has 0 spiro atoms. The molecular formula is C16H18N4. The van der Waals surface area contributed by atoms with Gasteiger partial charge in [0.25, 0.3) is 0 Å². The average molecular weight is 266 g/mol. The Bertz CT molecular complexity index is 677. The molecule has 3 rings (SSSR count). The second-order valence-electron chi connectivity index (χ2n) is 4.97. The van der Waals surface area contributed by atoms with Crippen LogP contribution in [0.15, 0.2) is 42.6 Å². The van der Waals surface area contributed by atoms with Gasteiger partial charge in [0.15, 0.2) is 0 Å². The minimum absolute atomic E-state index is 0.731. The number of aromatic nitrogens is 3. The standard InChI is InChI=1S/C16H18N4/c1-12-14-7-3-4-8-15(14)20(2)16(12)11-17-10-13-6-5-9-18-19-13/h3-9,17H,10-11H2,1-2H3. The lowest BCUT2D eigenvalue weighted by molar-refractivity contribution is 0.640. The Labute approximate surface area is 118 Å². The molecule has 1 aromatic carbocycles. The molecular weight excluding hydrogens is 248 g/mol. The molecule has 0 bridgehead atoms. The summed E-state index contributed by atoms with van der Waals surface area (Å²) in [6.45, 7) is 3.74. The summed E-state index contributed by atoms with van der Waals surface area (Å²) < 4.78 is 2.26. The summed E-state index contributed by atoms with van der Waals surface area (Å²) in [6, 6.07) is 12.4. The van der Waals surface area contributed by atoms with E-state index in [1.54, 1.807) is 6.20 Å². The molecule has 0 fully saturated rings. The molecule has 3 aromatic rings. The van der Waals surface area contributed by atoms with Gasteiger partial charge in [-0.15, -0.1) is 0 Å². The zero-order valence-electron chi connectivity index (χ0n) is 11.8. The van der Waals surface area contributed by atoms with E-state index in [1.165, 1.54) is 22.2 Å². The second kappa shape index (κ2) is 5.43. The molecule has 0 unspecified atom stereocenters. The van der Waals surface area contributed by atoms with E-state index >= 15 is 0 Å². The molecule has 20 heavy (non-hydrogen) atoms. The van der Waals surface area contributed by atoms with Gasteiger partial charge >= 0.3 is 0 Å². The van der Waals surface area contributed by atoms with Gasteiger partial charge in [0.1, 0.15) is 0 Å². The lowest BCUT2D eigenvalue weighted by Crippen LogP contribution is -2.16. The summed E-state index contributed by atoms with van der Waals surface area (Å²) in [5.74, 6) is 0. The van der Waals surface area contributed by atoms with Crippen LogP contribution >= 0.6 is 0 Å². The van der Waals surface area contributed by atoms with Crippen molar-refractivity contribution in [3.05, 3.63) is 59.5 Å². The molecule has 0 saturated heterocycles. The highest BCUT2D eigenvalue weighted by Crippen LogP contribution is 2.24. The number of benzene rings is 1. The molecule has 0 aliphatic carbocycles. The van der Waals surface area contributed by atoms with Crippen LogP contribution in [0, 0.1) is 6.92 Å². The third-order valence-corrected chi connectivity index (χ3v) is 3.73. The summed E-state index contributed by atoms with van der Waals surface area (Å²) in [7, 11) is 2.12. The van der Waals surface area contributed by atoms with E-state index in [0.717, 1.165) is 18.8 Å². The zero-order chi connectivity index (χ0) is 13.9. The maximum atomic E-state index is 4.08. The van der Waals surface area contributed by atoms with Gasteiger partial charge in [-0.25, -0.2) is 0 Å². The van der Waals surface area contributed by atoms with E-state index in [4.69, 9.17) is 0 Å². The van der Waals surface area contributed by atoms with Crippen LogP contribution in [-0.2, 0) is 20.1 Å². The molecule has 2 heterocycles. The number of fused-ring (bicyclic) bond motifs is 1. The van der Waals surface area contributed by atoms with Gasteiger partial charge in [-0.3, -0.25) is 0 Å². The molecule has 0 atom stereocenters. The quantitative estimate of drug-likeness (QED) is 0.789. The van der Waals surface area contributed by atoms with Gasteiger partial charge < -0.3 is 9.88 Å². The van der Waals surface area contributed by atoms with Crippen molar-refractivity contribution >= 4 is 10.9 Å². The second-order valence-corrected chi connectivity index (χ2v) is 4.97. The fourth-order valence-corrected chi connectivity index (χ4v) is 2.62. The maximum absolute atomic E-state index is 4.08. The fraction of sp³-hybridized carbons (Fsp3) is 0.250. The summed E-state index contributed by atoms with van der Waals surface area (Å²) in [5.41, 5.74) is 4.90. The van der Waals surface area contributed by atoms with Crippen LogP contribution < -0.4 is 5.32 Å². The highest BCUT2D eigenvalue weighted by molar-refractivity contribution is 5.85. The maximum Gasteiger partial charge on any atom is 0.0769 e. The molecule has 0 saturated carbocycles. The Hall–Kier alpha value is -2.20. The van der Waals surface area contributed by atoms with Crippen LogP contribution in [0.3, 0.4) is 0 Å². The number of rotatable bonds is 4. The number of hydrogen-bond donors (Lipinski definition) is 1. The Morgan fingerprint density at radius 3 is 2.70 bits per heavy atom. The molecule has 1 N–H and O–H groups in total. The van der Waals surface area contributed by atoms with E-state index in [-0.39, 0.29) is 0 Å². The summed E-state index contributed by atoms with van der Waals surface area (Å²) >= 11 is 0. The number of hydrogen-bond acceptors (Lipinski definition) is 3. The monoisotopic (exact) mass is 266 g/mol. The van der Waals surface area contributed by atoms with Crippen molar-refractivity contribution in [2.75, 3.05) is 0 Å². The van der Waals surface area contributed by atoms with Crippen molar-refractivity contribution in [3.8, 4) is 0 Å². The van der Waals surface area contributed by atoms with Gasteiger partial charge in [0.05, 0.1) is 5.69 Å². The Morgan fingerprint density at radius 1 is 1.10 bits per heavy atom. The van der Waals surface area contributed by atoms with Crippen molar-refractivity contribution in [1.29, 1.82) is 0 Å². The molecule has 0 aliphatic heterocycles. The Balaban J connectivity index is 1.78. The number of para-hydroxylation sites is 1. The van der Waals surface area contributed by atoms with Crippen LogP contribution in [-0.4, -0.2) is 14.8 Å². The molecule has 0 radical (unpaired) electrons. The SMILES string of the molecule is Cc1c(CNCc2cccnn2)n(C)c2ccccc12. The predicted molar refractivity (Wildman–Crippen MR) is 80.2 cm³/mol. The fourth-order valence-electron chi connectivity index (χ4n) is 2.62. The van der Waals surface area contributed by atoms with Gasteiger partial charge in [0, 0.05) is 42.9 Å². The minimum atomic E-state index is 0.731. The predicted octanol–water partition coefficient (Wildman–Crippen LogP) is 2.57. The first-order chi connectivity index (χ1) is 9.77. The smallest absolute Gasteiger partial charge is 0.0769 e. The summed E-state index contributed by atoms with van der Waals surface area (Å²) in [6.07, 6.45) is 1.69. The van der Waals surface area contributed by atoms with Gasteiger partial charge in [0.2, 0.25) is 0 Å². The number of aryl methyl sites for hydroxylation is 2. The third-order valence-electron chi connectivity index (χ3n) is 3.73. The summed E-state index contributed by atoms with van der Waals surface area (Å²) in [5, 5.41) is 12.7. The first kappa shape index (κ1) is 12.8. The van der Waals surface area contributed by atoms with Crippen molar-refractivity contribution in [3.63, 3.8) is 0 Å². The van der Waals surface area contributed by atoms with Crippen LogP contribution in [0.1, 0.15) is 17.0 Å². The lowest BCUT2D eigenvalue weighted by atomic mass is 10.1. The van der Waals surface area contributed by atoms with Crippen LogP contribution in [0.5, 0.6) is 0 Å².